The molecule has 2 heteroatoms. The van der Waals surface area contributed by atoms with Crippen molar-refractivity contribution in [1.82, 2.24) is 0 Å². The summed E-state index contributed by atoms with van der Waals surface area (Å²) in [6, 6.07) is 0. The number of ether oxygens (including phenoxy) is 1. The first-order valence-electron chi connectivity index (χ1n) is 6.42. The molecule has 2 nitrogen and oxygen atoms in total. The molecule has 1 N–H and O–H groups in total. The van der Waals surface area contributed by atoms with Crippen LogP contribution in [-0.4, -0.2) is 23.9 Å². The molecule has 3 unspecified atom stereocenters. The van der Waals surface area contributed by atoms with E-state index >= 15 is 0 Å². The summed E-state index contributed by atoms with van der Waals surface area (Å²) in [5, 5.41) is 10.4. The van der Waals surface area contributed by atoms with Crippen molar-refractivity contribution in [1.29, 1.82) is 0 Å². The molecule has 0 saturated heterocycles. The Hall–Kier alpha value is -0.0800. The molecule has 0 radical (unpaired) electrons. The first-order chi connectivity index (χ1) is 7.11. The third-order valence-electron chi connectivity index (χ3n) is 3.83. The van der Waals surface area contributed by atoms with Gasteiger partial charge < -0.3 is 9.84 Å². The van der Waals surface area contributed by atoms with E-state index in [0.717, 1.165) is 0 Å². The molecule has 1 saturated carbocycles. The fraction of sp³-hybridized carbons (Fsp3) is 1.00. The standard InChI is InChI=1S/C13H26O2/c1-4-11-8-6-7-9-12(11)13(3,14)10-15-5-2/h11-12,14H,4-10H2,1-3H3. The monoisotopic (exact) mass is 214 g/mol. The minimum Gasteiger partial charge on any atom is -0.387 e. The Labute approximate surface area is 94.0 Å². The van der Waals surface area contributed by atoms with E-state index in [1.165, 1.54) is 32.1 Å². The van der Waals surface area contributed by atoms with Crippen LogP contribution in [0.5, 0.6) is 0 Å². The second-order valence-electron chi connectivity index (χ2n) is 5.05. The normalized spacial score (nSPS) is 31.2. The molecule has 0 heterocycles. The summed E-state index contributed by atoms with van der Waals surface area (Å²) in [5.41, 5.74) is -0.628. The maximum atomic E-state index is 10.4. The minimum atomic E-state index is -0.628. The lowest BCUT2D eigenvalue weighted by Gasteiger charge is -2.40. The van der Waals surface area contributed by atoms with E-state index in [-0.39, 0.29) is 0 Å². The average Bonchev–Trinajstić information content (AvgIpc) is 2.26. The smallest absolute Gasteiger partial charge is 0.0882 e. The van der Waals surface area contributed by atoms with Crippen LogP contribution in [0.4, 0.5) is 0 Å². The lowest BCUT2D eigenvalue weighted by Crippen LogP contribution is -2.44. The van der Waals surface area contributed by atoms with Gasteiger partial charge >= 0.3 is 0 Å². The van der Waals surface area contributed by atoms with Gasteiger partial charge in [0, 0.05) is 6.61 Å². The van der Waals surface area contributed by atoms with Crippen molar-refractivity contribution in [2.45, 2.75) is 58.5 Å². The van der Waals surface area contributed by atoms with E-state index in [1.54, 1.807) is 0 Å². The first-order valence-corrected chi connectivity index (χ1v) is 6.42. The number of aliphatic hydroxyl groups is 1. The molecule has 90 valence electrons. The van der Waals surface area contributed by atoms with E-state index in [4.69, 9.17) is 4.74 Å². The fourth-order valence-electron chi connectivity index (χ4n) is 2.93. The van der Waals surface area contributed by atoms with Crippen LogP contribution >= 0.6 is 0 Å². The summed E-state index contributed by atoms with van der Waals surface area (Å²) in [5.74, 6) is 1.12. The Morgan fingerprint density at radius 3 is 2.53 bits per heavy atom. The second-order valence-corrected chi connectivity index (χ2v) is 5.05. The van der Waals surface area contributed by atoms with Gasteiger partial charge in [-0.1, -0.05) is 32.6 Å². The van der Waals surface area contributed by atoms with Crippen molar-refractivity contribution in [2.75, 3.05) is 13.2 Å². The third kappa shape index (κ3) is 3.46. The van der Waals surface area contributed by atoms with Crippen LogP contribution in [0.1, 0.15) is 52.9 Å². The van der Waals surface area contributed by atoms with E-state index in [1.807, 2.05) is 13.8 Å². The van der Waals surface area contributed by atoms with Crippen LogP contribution in [0.2, 0.25) is 0 Å². The SMILES string of the molecule is CCOCC(C)(O)C1CCCCC1CC. The van der Waals surface area contributed by atoms with Crippen LogP contribution in [0.3, 0.4) is 0 Å². The zero-order valence-electron chi connectivity index (χ0n) is 10.5. The quantitative estimate of drug-likeness (QED) is 0.762. The van der Waals surface area contributed by atoms with Crippen LogP contribution < -0.4 is 0 Å². The van der Waals surface area contributed by atoms with Crippen molar-refractivity contribution in [3.05, 3.63) is 0 Å². The summed E-state index contributed by atoms with van der Waals surface area (Å²) in [7, 11) is 0. The van der Waals surface area contributed by atoms with E-state index in [0.29, 0.717) is 25.0 Å². The van der Waals surface area contributed by atoms with Gasteiger partial charge in [-0.15, -0.1) is 0 Å². The molecule has 1 rings (SSSR count). The predicted octanol–water partition coefficient (Wildman–Crippen LogP) is 2.99. The first kappa shape index (κ1) is 13.0. The summed E-state index contributed by atoms with van der Waals surface area (Å²) in [6.07, 6.45) is 6.23. The van der Waals surface area contributed by atoms with Gasteiger partial charge in [-0.3, -0.25) is 0 Å². The Morgan fingerprint density at radius 1 is 1.27 bits per heavy atom. The van der Waals surface area contributed by atoms with Crippen molar-refractivity contribution in [2.24, 2.45) is 11.8 Å². The van der Waals surface area contributed by atoms with Gasteiger partial charge in [0.05, 0.1) is 12.2 Å². The Morgan fingerprint density at radius 2 is 1.93 bits per heavy atom. The van der Waals surface area contributed by atoms with Crippen LogP contribution in [0.25, 0.3) is 0 Å². The fourth-order valence-corrected chi connectivity index (χ4v) is 2.93. The summed E-state index contributed by atoms with van der Waals surface area (Å²) < 4.78 is 5.39. The van der Waals surface area contributed by atoms with E-state index in [9.17, 15) is 5.11 Å². The largest absolute Gasteiger partial charge is 0.387 e. The van der Waals surface area contributed by atoms with Gasteiger partial charge in [0.25, 0.3) is 0 Å². The lowest BCUT2D eigenvalue weighted by molar-refractivity contribution is -0.0960. The molecule has 1 aliphatic rings. The third-order valence-corrected chi connectivity index (χ3v) is 3.83. The molecule has 0 amide bonds. The van der Waals surface area contributed by atoms with Crippen LogP contribution in [0, 0.1) is 11.8 Å². The number of hydrogen-bond donors (Lipinski definition) is 1. The molecular formula is C13H26O2. The molecule has 0 spiro atoms. The maximum Gasteiger partial charge on any atom is 0.0882 e. The summed E-state index contributed by atoms with van der Waals surface area (Å²) in [6.45, 7) is 7.35. The highest BCUT2D eigenvalue weighted by molar-refractivity contribution is 4.88. The van der Waals surface area contributed by atoms with Crippen LogP contribution in [0.15, 0.2) is 0 Å². The van der Waals surface area contributed by atoms with Gasteiger partial charge in [0.1, 0.15) is 0 Å². The highest BCUT2D eigenvalue weighted by atomic mass is 16.5. The molecule has 0 bridgehead atoms. The van der Waals surface area contributed by atoms with Gasteiger partial charge in [-0.25, -0.2) is 0 Å². The van der Waals surface area contributed by atoms with E-state index in [2.05, 4.69) is 6.92 Å². The van der Waals surface area contributed by atoms with Gasteiger partial charge in [-0.2, -0.15) is 0 Å². The molecule has 3 atom stereocenters. The molecule has 0 aromatic rings. The van der Waals surface area contributed by atoms with Gasteiger partial charge in [-0.05, 0) is 32.1 Å². The van der Waals surface area contributed by atoms with Gasteiger partial charge in [0.15, 0.2) is 0 Å². The van der Waals surface area contributed by atoms with Gasteiger partial charge in [0.2, 0.25) is 0 Å². The van der Waals surface area contributed by atoms with Crippen molar-refractivity contribution >= 4 is 0 Å². The molecule has 0 aromatic carbocycles. The topological polar surface area (TPSA) is 29.5 Å². The summed E-state index contributed by atoms with van der Waals surface area (Å²) >= 11 is 0. The molecule has 15 heavy (non-hydrogen) atoms. The maximum absolute atomic E-state index is 10.4. The van der Waals surface area contributed by atoms with E-state index < -0.39 is 5.60 Å². The average molecular weight is 214 g/mol. The zero-order valence-corrected chi connectivity index (χ0v) is 10.5. The second kappa shape index (κ2) is 5.86. The Balaban J connectivity index is 2.56. The molecule has 1 aliphatic carbocycles. The molecular weight excluding hydrogens is 188 g/mol. The van der Waals surface area contributed by atoms with Crippen LogP contribution in [-0.2, 0) is 4.74 Å². The highest BCUT2D eigenvalue weighted by Gasteiger charge is 2.38. The zero-order chi connectivity index (χ0) is 11.3. The molecule has 0 aliphatic heterocycles. The number of hydrogen-bond acceptors (Lipinski definition) is 2. The summed E-state index contributed by atoms with van der Waals surface area (Å²) in [4.78, 5) is 0. The highest BCUT2D eigenvalue weighted by Crippen LogP contribution is 2.39. The van der Waals surface area contributed by atoms with Crippen molar-refractivity contribution in [3.63, 3.8) is 0 Å². The van der Waals surface area contributed by atoms with Crippen molar-refractivity contribution in [3.8, 4) is 0 Å². The lowest BCUT2D eigenvalue weighted by atomic mass is 9.70. The predicted molar refractivity (Wildman–Crippen MR) is 62.9 cm³/mol. The number of rotatable bonds is 5. The van der Waals surface area contributed by atoms with Crippen molar-refractivity contribution < 1.29 is 9.84 Å². The molecule has 1 fully saturated rings. The Bertz CT molecular complexity index is 177. The molecule has 0 aromatic heterocycles. The Kier molecular flexibility index (Phi) is 5.07. The minimum absolute atomic E-state index is 0.433.